The average Bonchev–Trinajstić information content (AvgIpc) is 2.86. The van der Waals surface area contributed by atoms with E-state index in [0.717, 1.165) is 30.6 Å². The van der Waals surface area contributed by atoms with Gasteiger partial charge in [-0.2, -0.15) is 5.26 Å². The Labute approximate surface area is 102 Å². The van der Waals surface area contributed by atoms with Gasteiger partial charge in [0.05, 0.1) is 11.5 Å². The summed E-state index contributed by atoms with van der Waals surface area (Å²) in [5, 5.41) is 16.3. The van der Waals surface area contributed by atoms with Crippen LogP contribution in [0.15, 0.2) is 10.8 Å². The van der Waals surface area contributed by atoms with Crippen LogP contribution in [-0.4, -0.2) is 11.7 Å². The molecule has 17 heavy (non-hydrogen) atoms. The molecular formula is C13H19N3O. The number of hydrogen-bond acceptors (Lipinski definition) is 4. The second kappa shape index (κ2) is 4.15. The van der Waals surface area contributed by atoms with Gasteiger partial charge in [-0.25, -0.2) is 0 Å². The van der Waals surface area contributed by atoms with E-state index in [1.165, 1.54) is 0 Å². The molecule has 0 unspecified atom stereocenters. The lowest BCUT2D eigenvalue weighted by Gasteiger charge is -2.17. The van der Waals surface area contributed by atoms with E-state index in [0.29, 0.717) is 6.54 Å². The predicted molar refractivity (Wildman–Crippen MR) is 64.2 cm³/mol. The van der Waals surface area contributed by atoms with Crippen LogP contribution in [0.5, 0.6) is 0 Å². The maximum Gasteiger partial charge on any atom is 0.127 e. The molecule has 1 saturated carbocycles. The van der Waals surface area contributed by atoms with E-state index < -0.39 is 0 Å². The largest absolute Gasteiger partial charge is 0.364 e. The number of rotatable bonds is 4. The molecule has 0 amide bonds. The van der Waals surface area contributed by atoms with Crippen LogP contribution < -0.4 is 5.32 Å². The zero-order chi connectivity index (χ0) is 12.5. The Hall–Kier alpha value is -1.34. The third kappa shape index (κ3) is 2.67. The summed E-state index contributed by atoms with van der Waals surface area (Å²) < 4.78 is 5.04. The average molecular weight is 233 g/mol. The van der Waals surface area contributed by atoms with Crippen molar-refractivity contribution < 1.29 is 4.52 Å². The van der Waals surface area contributed by atoms with E-state index in [-0.39, 0.29) is 10.8 Å². The van der Waals surface area contributed by atoms with E-state index >= 15 is 0 Å². The van der Waals surface area contributed by atoms with Gasteiger partial charge in [-0.1, -0.05) is 25.9 Å². The van der Waals surface area contributed by atoms with E-state index in [1.807, 2.05) is 0 Å². The van der Waals surface area contributed by atoms with Crippen LogP contribution in [0.4, 0.5) is 0 Å². The minimum atomic E-state index is -0.106. The maximum atomic E-state index is 8.97. The van der Waals surface area contributed by atoms with Crippen LogP contribution in [0.2, 0.25) is 0 Å². The van der Waals surface area contributed by atoms with Crippen molar-refractivity contribution in [3.8, 4) is 6.07 Å². The Morgan fingerprint density at radius 2 is 2.24 bits per heavy atom. The van der Waals surface area contributed by atoms with Crippen molar-refractivity contribution >= 4 is 0 Å². The van der Waals surface area contributed by atoms with Crippen molar-refractivity contribution in [1.82, 2.24) is 10.5 Å². The lowest BCUT2D eigenvalue weighted by atomic mass is 9.87. The number of nitrogens with zero attached hydrogens (tertiary/aromatic N) is 2. The first-order valence-electron chi connectivity index (χ1n) is 6.03. The Kier molecular flexibility index (Phi) is 2.96. The van der Waals surface area contributed by atoms with Gasteiger partial charge in [-0.15, -0.1) is 0 Å². The molecule has 0 atom stereocenters. The summed E-state index contributed by atoms with van der Waals surface area (Å²) in [6, 6.07) is 2.37. The van der Waals surface area contributed by atoms with Gasteiger partial charge >= 0.3 is 0 Å². The highest BCUT2D eigenvalue weighted by atomic mass is 16.5. The summed E-state index contributed by atoms with van der Waals surface area (Å²) in [6.45, 7) is 7.84. The summed E-state index contributed by atoms with van der Waals surface area (Å²) in [4.78, 5) is 0. The van der Waals surface area contributed by atoms with E-state index in [4.69, 9.17) is 9.78 Å². The Morgan fingerprint density at radius 1 is 1.53 bits per heavy atom. The van der Waals surface area contributed by atoms with Gasteiger partial charge in [-0.3, -0.25) is 0 Å². The van der Waals surface area contributed by atoms with Crippen LogP contribution in [0.3, 0.4) is 0 Å². The quantitative estimate of drug-likeness (QED) is 0.867. The second-order valence-electron chi connectivity index (χ2n) is 5.92. The molecule has 0 aromatic carbocycles. The normalized spacial score (nSPS) is 17.8. The number of nitriles is 1. The molecule has 1 N–H and O–H groups in total. The molecule has 0 saturated heterocycles. The summed E-state index contributed by atoms with van der Waals surface area (Å²) in [5.74, 6) is 0. The number of nitrogens with one attached hydrogen (secondary N) is 1. The SMILES string of the molecule is CC(C)(C)c1conc1CNCC1(C#N)CC1. The van der Waals surface area contributed by atoms with Gasteiger partial charge in [0.15, 0.2) is 0 Å². The minimum absolute atomic E-state index is 0.0451. The smallest absolute Gasteiger partial charge is 0.127 e. The van der Waals surface area contributed by atoms with E-state index in [1.54, 1.807) is 6.26 Å². The fourth-order valence-corrected chi connectivity index (χ4v) is 1.90. The maximum absolute atomic E-state index is 8.97. The lowest BCUT2D eigenvalue weighted by Crippen LogP contribution is -2.24. The summed E-state index contributed by atoms with van der Waals surface area (Å²) in [7, 11) is 0. The number of hydrogen-bond donors (Lipinski definition) is 1. The molecule has 1 aromatic heterocycles. The van der Waals surface area contributed by atoms with Crippen molar-refractivity contribution in [2.45, 2.75) is 45.6 Å². The second-order valence-corrected chi connectivity index (χ2v) is 5.92. The standard InChI is InChI=1S/C13H19N3O/c1-12(2,3)10-7-17-16-11(10)6-15-9-13(8-14)4-5-13/h7,15H,4-6,9H2,1-3H3. The van der Waals surface area contributed by atoms with Crippen molar-refractivity contribution in [3.63, 3.8) is 0 Å². The van der Waals surface area contributed by atoms with Crippen LogP contribution in [-0.2, 0) is 12.0 Å². The molecule has 0 bridgehead atoms. The summed E-state index contributed by atoms with van der Waals surface area (Å²) in [5.41, 5.74) is 2.02. The molecule has 1 aromatic rings. The molecule has 1 fully saturated rings. The highest BCUT2D eigenvalue weighted by Gasteiger charge is 2.42. The molecule has 0 radical (unpaired) electrons. The molecule has 1 aliphatic rings. The van der Waals surface area contributed by atoms with Gasteiger partial charge in [0.25, 0.3) is 0 Å². The molecule has 4 heteroatoms. The van der Waals surface area contributed by atoms with Gasteiger partial charge in [0.1, 0.15) is 12.0 Å². The van der Waals surface area contributed by atoms with Gasteiger partial charge in [-0.05, 0) is 18.3 Å². The molecule has 1 heterocycles. The highest BCUT2D eigenvalue weighted by molar-refractivity contribution is 5.23. The van der Waals surface area contributed by atoms with E-state index in [2.05, 4.69) is 37.3 Å². The first kappa shape index (κ1) is 12.1. The molecule has 0 aliphatic heterocycles. The summed E-state index contributed by atoms with van der Waals surface area (Å²) in [6.07, 6.45) is 3.75. The molecule has 4 nitrogen and oxygen atoms in total. The van der Waals surface area contributed by atoms with Gasteiger partial charge in [0, 0.05) is 18.7 Å². The monoisotopic (exact) mass is 233 g/mol. The molecule has 92 valence electrons. The lowest BCUT2D eigenvalue weighted by molar-refractivity contribution is 0.406. The fourth-order valence-electron chi connectivity index (χ4n) is 1.90. The van der Waals surface area contributed by atoms with Crippen LogP contribution in [0, 0.1) is 16.7 Å². The number of aromatic nitrogens is 1. The van der Waals surface area contributed by atoms with Crippen molar-refractivity contribution in [3.05, 3.63) is 17.5 Å². The predicted octanol–water partition coefficient (Wildman–Crippen LogP) is 2.37. The fraction of sp³-hybridized carbons (Fsp3) is 0.692. The Morgan fingerprint density at radius 3 is 2.76 bits per heavy atom. The molecule has 1 aliphatic carbocycles. The summed E-state index contributed by atoms with van der Waals surface area (Å²) >= 11 is 0. The molecule has 2 rings (SSSR count). The molecular weight excluding hydrogens is 214 g/mol. The first-order chi connectivity index (χ1) is 7.97. The van der Waals surface area contributed by atoms with Gasteiger partial charge in [0.2, 0.25) is 0 Å². The molecule has 0 spiro atoms. The topological polar surface area (TPSA) is 61.9 Å². The minimum Gasteiger partial charge on any atom is -0.364 e. The Balaban J connectivity index is 1.92. The highest BCUT2D eigenvalue weighted by Crippen LogP contribution is 2.44. The zero-order valence-corrected chi connectivity index (χ0v) is 10.7. The van der Waals surface area contributed by atoms with Crippen LogP contribution in [0.25, 0.3) is 0 Å². The first-order valence-corrected chi connectivity index (χ1v) is 6.03. The van der Waals surface area contributed by atoms with Crippen LogP contribution >= 0.6 is 0 Å². The zero-order valence-electron chi connectivity index (χ0n) is 10.7. The Bertz CT molecular complexity index is 432. The van der Waals surface area contributed by atoms with E-state index in [9.17, 15) is 0 Å². The van der Waals surface area contributed by atoms with Crippen molar-refractivity contribution in [1.29, 1.82) is 5.26 Å². The third-order valence-corrected chi connectivity index (χ3v) is 3.30. The van der Waals surface area contributed by atoms with Crippen molar-refractivity contribution in [2.24, 2.45) is 5.41 Å². The van der Waals surface area contributed by atoms with Crippen LogP contribution in [0.1, 0.15) is 44.9 Å². The third-order valence-electron chi connectivity index (χ3n) is 3.30. The van der Waals surface area contributed by atoms with Gasteiger partial charge < -0.3 is 9.84 Å². The van der Waals surface area contributed by atoms with Crippen molar-refractivity contribution in [2.75, 3.05) is 6.54 Å².